The van der Waals surface area contributed by atoms with Crippen LogP contribution in [0, 0.1) is 19.9 Å². The minimum absolute atomic E-state index is 0. The van der Waals surface area contributed by atoms with Crippen molar-refractivity contribution < 1.29 is 129 Å². The van der Waals surface area contributed by atoms with Gasteiger partial charge in [-0.2, -0.15) is 0 Å². The van der Waals surface area contributed by atoms with Crippen molar-refractivity contribution in [2.45, 2.75) is 85.2 Å². The van der Waals surface area contributed by atoms with E-state index in [1.54, 1.807) is 222 Å². The molecule has 0 saturated heterocycles. The normalized spacial score (nSPS) is 10.6. The molecule has 0 aromatic heterocycles. The van der Waals surface area contributed by atoms with Crippen molar-refractivity contribution in [3.05, 3.63) is 279 Å². The Kier molecular flexibility index (Phi) is 43.8. The summed E-state index contributed by atoms with van der Waals surface area (Å²) in [7, 11) is 20.1. The van der Waals surface area contributed by atoms with Gasteiger partial charge in [0.2, 0.25) is 0 Å². The number of alkyl halides is 1. The number of ketones is 4. The Labute approximate surface area is 690 Å². The quantitative estimate of drug-likeness (QED) is 0.00427. The number of hydrogen-bond acceptors (Lipinski definition) is 23. The second kappa shape index (κ2) is 48.1. The Bertz CT molecular complexity index is 4150. The van der Waals surface area contributed by atoms with E-state index < -0.39 is 79.7 Å². The first-order valence-corrected chi connectivity index (χ1v) is 45.2. The Hall–Kier alpha value is -7.76. The maximum absolute atomic E-state index is 12.4. The molecule has 0 fully saturated rings. The first kappa shape index (κ1) is 99.3. The number of halogens is 10. The van der Waals surface area contributed by atoms with E-state index in [-0.39, 0.29) is 59.0 Å². The first-order chi connectivity index (χ1) is 50.0. The SMILES string of the molecule is C.CC(C)(Oc1ccc(C(=O)c2ccc(Cl)cc2)cc1)C(=O)Cl.CC(C)(Oc1ccc(C(=O)c2ccc(Cl)cc2)cc1)C(=O)OCCl.CC(C)(Oc1ccc(C(=O)c2ccc(Cl)cc2)cc1)C(=O)OCON=O.CC(C)(Oc1ccc(C(=O)c2ccc(Cl)cc2)cc1)C(=O)OCON=O.O=[N+]([O-])O.[Ag].[Cl][Zr]([Cl])([Cl])[Cl]. The van der Waals surface area contributed by atoms with Gasteiger partial charge in [0, 0.05) is 87.0 Å². The van der Waals surface area contributed by atoms with Crippen LogP contribution in [0.25, 0.3) is 0 Å². The van der Waals surface area contributed by atoms with Gasteiger partial charge in [0.1, 0.15) is 23.0 Å². The molecule has 587 valence electrons. The van der Waals surface area contributed by atoms with Gasteiger partial charge in [0.15, 0.2) is 62.3 Å². The fourth-order valence-corrected chi connectivity index (χ4v) is 8.53. The number of rotatable bonds is 27. The zero-order valence-electron chi connectivity index (χ0n) is 57.5. The van der Waals surface area contributed by atoms with Crippen LogP contribution in [0.4, 0.5) is 0 Å². The second-order valence-corrected chi connectivity index (χ2v) is 47.6. The summed E-state index contributed by atoms with van der Waals surface area (Å²) < 4.78 is 36.4. The molecule has 0 aliphatic heterocycles. The number of nitrogens with zero attached hydrogens (tertiary/aromatic N) is 3. The fourth-order valence-electron chi connectivity index (χ4n) is 7.89. The van der Waals surface area contributed by atoms with Crippen LogP contribution in [-0.2, 0) is 80.9 Å². The third-order valence-corrected chi connectivity index (χ3v) is 14.7. The molecule has 0 aliphatic rings. The predicted molar refractivity (Wildman–Crippen MR) is 406 cm³/mol. The molecular weight excluding hydrogens is 1810 g/mol. The van der Waals surface area contributed by atoms with Crippen LogP contribution < -0.4 is 18.9 Å². The van der Waals surface area contributed by atoms with Crippen molar-refractivity contribution in [2.24, 2.45) is 10.7 Å². The average Bonchev–Trinajstić information content (AvgIpc) is 0.847. The van der Waals surface area contributed by atoms with E-state index in [1.807, 2.05) is 0 Å². The Balaban J connectivity index is 0.000000695. The zero-order valence-corrected chi connectivity index (χ0v) is 69.0. The molecule has 8 rings (SSSR count). The molecule has 0 saturated carbocycles. The number of hydrogen-bond donors (Lipinski definition) is 1. The molecule has 0 bridgehead atoms. The van der Waals surface area contributed by atoms with Crippen molar-refractivity contribution in [3.8, 4) is 23.0 Å². The van der Waals surface area contributed by atoms with E-state index in [4.69, 9.17) is 152 Å². The molecule has 0 amide bonds. The topological polar surface area (TPSA) is 342 Å². The maximum atomic E-state index is 12.4. The summed E-state index contributed by atoms with van der Waals surface area (Å²) in [4.78, 5) is 132. The van der Waals surface area contributed by atoms with Crippen LogP contribution >= 0.6 is 104 Å². The standard InChI is InChI=1S/C18H16Cl2O4.2C18H16ClNO6.C17H14Cl2O3.CH4.Ag.4ClH.HNO3.Zr/c1-18(2,17(22)23-11-19)24-15-9-5-13(6-10-15)16(21)12-3-7-14(20)8-4-12;2*1-18(2,17(22)24-11-25-20-23)26-15-9-5-13(6-10-15)16(21)12-3-7-14(19)8-4-12;1-17(2,16(19)21)22-14-9-5-12(6-10-14)15(20)11-3-7-13(18)8-4-11;;;;;;;2-1(3)4;/h3-10H,11H2,1-2H3;2*3-10H,11H2,1-2H3;3-10H,1-2H3;1H4;;4*1H;(H,2,3,4);/q;;;;;;;;;;;+4/p-4. The van der Waals surface area contributed by atoms with Crippen molar-refractivity contribution >= 4 is 150 Å². The molecule has 0 aliphatic carbocycles. The monoisotopic (exact) mass is 1870 g/mol. The van der Waals surface area contributed by atoms with Gasteiger partial charge < -0.3 is 48.0 Å². The zero-order chi connectivity index (χ0) is 80.5. The Morgan fingerprint density at radius 3 is 0.716 bits per heavy atom. The van der Waals surface area contributed by atoms with Crippen molar-refractivity contribution in [1.82, 2.24) is 0 Å². The minimum atomic E-state index is -3.29. The average molecular weight is 1880 g/mol. The van der Waals surface area contributed by atoms with Gasteiger partial charge in [-0.25, -0.2) is 14.4 Å². The Morgan fingerprint density at radius 1 is 0.385 bits per heavy atom. The molecule has 1 radical (unpaired) electrons. The number of benzene rings is 8. The number of carbonyl (C=O) groups is 8. The van der Waals surface area contributed by atoms with E-state index in [1.165, 1.54) is 27.7 Å². The van der Waals surface area contributed by atoms with Crippen LogP contribution in [0.15, 0.2) is 205 Å². The van der Waals surface area contributed by atoms with Crippen LogP contribution in [0.1, 0.15) is 127 Å². The van der Waals surface area contributed by atoms with Gasteiger partial charge in [-0.1, -0.05) is 65.4 Å². The number of ether oxygens (including phenoxy) is 7. The number of esters is 3. The van der Waals surface area contributed by atoms with E-state index in [0.717, 1.165) is 0 Å². The molecule has 8 aromatic carbocycles. The van der Waals surface area contributed by atoms with Gasteiger partial charge in [-0.3, -0.25) is 24.0 Å². The number of carbonyl (C=O) groups excluding carboxylic acids is 8. The molecule has 0 atom stereocenters. The summed E-state index contributed by atoms with van der Waals surface area (Å²) in [6.07, 6.45) is 0. The van der Waals surface area contributed by atoms with E-state index >= 15 is 0 Å². The van der Waals surface area contributed by atoms with Crippen molar-refractivity contribution in [1.29, 1.82) is 0 Å². The third-order valence-electron chi connectivity index (χ3n) is 13.1. The Morgan fingerprint density at radius 2 is 0.550 bits per heavy atom. The molecule has 0 spiro atoms. The summed E-state index contributed by atoms with van der Waals surface area (Å²) >= 11 is 30.8. The van der Waals surface area contributed by atoms with Crippen LogP contribution in [0.3, 0.4) is 0 Å². The van der Waals surface area contributed by atoms with E-state index in [9.17, 15) is 48.2 Å². The summed E-state index contributed by atoms with van der Waals surface area (Å²) in [5, 5.41) is 19.5. The van der Waals surface area contributed by atoms with Gasteiger partial charge in [0.25, 0.3) is 23.9 Å². The molecule has 0 unspecified atom stereocenters. The molecule has 25 nitrogen and oxygen atoms in total. The van der Waals surface area contributed by atoms with Gasteiger partial charge >= 0.3 is 67.5 Å². The van der Waals surface area contributed by atoms with E-state index in [2.05, 4.69) is 20.4 Å². The van der Waals surface area contributed by atoms with E-state index in [0.29, 0.717) is 87.6 Å². The van der Waals surface area contributed by atoms with Gasteiger partial charge in [0.05, 0.1) is 0 Å². The first-order valence-electron chi connectivity index (χ1n) is 30.2. The summed E-state index contributed by atoms with van der Waals surface area (Å²) in [6, 6.07) is 51.9. The second-order valence-electron chi connectivity index (χ2n) is 22.9. The van der Waals surface area contributed by atoms with Crippen molar-refractivity contribution in [3.63, 3.8) is 0 Å². The van der Waals surface area contributed by atoms with Crippen LogP contribution in [0.2, 0.25) is 20.1 Å². The molecular formula is C72H67AgCl10N3O22Zr. The fraction of sp³-hybridized carbons (Fsp3) is 0.222. The van der Waals surface area contributed by atoms with Gasteiger partial charge in [-0.15, -0.1) is 19.9 Å². The van der Waals surface area contributed by atoms with Crippen molar-refractivity contribution in [2.75, 3.05) is 19.7 Å². The molecule has 0 heterocycles. The van der Waals surface area contributed by atoms with Gasteiger partial charge in [-0.05, 0) is 261 Å². The molecule has 8 aromatic rings. The third kappa shape index (κ3) is 37.2. The predicted octanol–water partition coefficient (Wildman–Crippen LogP) is 19.9. The molecule has 1 N–H and O–H groups in total. The van der Waals surface area contributed by atoms with Crippen LogP contribution in [0.5, 0.6) is 23.0 Å². The van der Waals surface area contributed by atoms with Crippen LogP contribution in [-0.4, -0.2) is 98.6 Å². The summed E-state index contributed by atoms with van der Waals surface area (Å²) in [5.41, 5.74) is -0.895. The summed E-state index contributed by atoms with van der Waals surface area (Å²) in [6.45, 7) is 11.1. The molecule has 109 heavy (non-hydrogen) atoms. The summed E-state index contributed by atoms with van der Waals surface area (Å²) in [5.74, 6) is -0.955. The molecule has 37 heteroatoms.